The first-order valence-corrected chi connectivity index (χ1v) is 12.8. The van der Waals surface area contributed by atoms with Crippen molar-refractivity contribution >= 4 is 35.2 Å². The second kappa shape index (κ2) is 12.9. The number of hydrogen-bond donors (Lipinski definition) is 2. The Balaban J connectivity index is 1.64. The van der Waals surface area contributed by atoms with Crippen LogP contribution < -0.4 is 10.6 Å². The summed E-state index contributed by atoms with van der Waals surface area (Å²) in [6.07, 6.45) is 1.46. The summed E-state index contributed by atoms with van der Waals surface area (Å²) in [5.74, 6) is -0.304. The number of rotatable bonds is 11. The summed E-state index contributed by atoms with van der Waals surface area (Å²) in [6.45, 7) is 11.5. The van der Waals surface area contributed by atoms with E-state index in [4.69, 9.17) is 4.74 Å². The molecule has 3 rings (SSSR count). The Morgan fingerprint density at radius 3 is 2.51 bits per heavy atom. The SMILES string of the molecule is C=CCn1c(SCC(=O)Nc2cccc(C(=O)OC(C)C)c2)nnc1[C@H](C)NC(=O)c1cccc(C)c1. The predicted molar refractivity (Wildman–Crippen MR) is 144 cm³/mol. The molecule has 1 aromatic heterocycles. The zero-order valence-corrected chi connectivity index (χ0v) is 22.2. The number of esters is 1. The lowest BCUT2D eigenvalue weighted by atomic mass is 10.1. The maximum atomic E-state index is 12.7. The number of ether oxygens (including phenoxy) is 1. The molecule has 0 bridgehead atoms. The third-order valence-corrected chi connectivity index (χ3v) is 6.10. The number of hydrogen-bond acceptors (Lipinski definition) is 7. The molecule has 2 aromatic carbocycles. The lowest BCUT2D eigenvalue weighted by Gasteiger charge is -2.15. The van der Waals surface area contributed by atoms with E-state index in [1.54, 1.807) is 50.3 Å². The van der Waals surface area contributed by atoms with Gasteiger partial charge in [0.05, 0.1) is 23.5 Å². The lowest BCUT2D eigenvalue weighted by Crippen LogP contribution is -2.29. The van der Waals surface area contributed by atoms with Crippen LogP contribution >= 0.6 is 11.8 Å². The van der Waals surface area contributed by atoms with Crippen molar-refractivity contribution in [3.05, 3.63) is 83.7 Å². The molecule has 1 atom stereocenters. The summed E-state index contributed by atoms with van der Waals surface area (Å²) >= 11 is 1.21. The van der Waals surface area contributed by atoms with E-state index >= 15 is 0 Å². The maximum Gasteiger partial charge on any atom is 0.338 e. The van der Waals surface area contributed by atoms with Crippen molar-refractivity contribution in [2.24, 2.45) is 0 Å². The molecule has 0 saturated heterocycles. The van der Waals surface area contributed by atoms with Gasteiger partial charge in [-0.25, -0.2) is 4.79 Å². The van der Waals surface area contributed by atoms with Crippen LogP contribution in [0, 0.1) is 6.92 Å². The monoisotopic (exact) mass is 521 g/mol. The second-order valence-corrected chi connectivity index (χ2v) is 9.62. The van der Waals surface area contributed by atoms with E-state index in [9.17, 15) is 14.4 Å². The molecule has 2 amide bonds. The summed E-state index contributed by atoms with van der Waals surface area (Å²) < 4.78 is 7.02. The minimum Gasteiger partial charge on any atom is -0.459 e. The Kier molecular flexibility index (Phi) is 9.62. The normalized spacial score (nSPS) is 11.6. The molecule has 10 heteroatoms. The van der Waals surface area contributed by atoms with Gasteiger partial charge in [-0.3, -0.25) is 9.59 Å². The van der Waals surface area contributed by atoms with Crippen molar-refractivity contribution in [2.75, 3.05) is 11.1 Å². The molecular weight excluding hydrogens is 490 g/mol. The van der Waals surface area contributed by atoms with Crippen LogP contribution in [0.3, 0.4) is 0 Å². The maximum absolute atomic E-state index is 12.7. The van der Waals surface area contributed by atoms with Crippen LogP contribution in [0.1, 0.15) is 58.9 Å². The molecule has 0 radical (unpaired) electrons. The van der Waals surface area contributed by atoms with Gasteiger partial charge in [0.1, 0.15) is 0 Å². The number of carbonyl (C=O) groups is 3. The average molecular weight is 522 g/mol. The van der Waals surface area contributed by atoms with Gasteiger partial charge in [-0.2, -0.15) is 0 Å². The Labute approximate surface area is 220 Å². The van der Waals surface area contributed by atoms with E-state index in [-0.39, 0.29) is 23.7 Å². The molecule has 2 N–H and O–H groups in total. The fraction of sp³-hybridized carbons (Fsp3) is 0.296. The molecule has 0 aliphatic heterocycles. The molecule has 3 aromatic rings. The second-order valence-electron chi connectivity index (χ2n) is 8.68. The summed E-state index contributed by atoms with van der Waals surface area (Å²) in [5, 5.41) is 14.8. The van der Waals surface area contributed by atoms with Gasteiger partial charge >= 0.3 is 5.97 Å². The first-order valence-electron chi connectivity index (χ1n) is 11.8. The minimum atomic E-state index is -0.450. The lowest BCUT2D eigenvalue weighted by molar-refractivity contribution is -0.113. The van der Waals surface area contributed by atoms with Crippen molar-refractivity contribution in [1.82, 2.24) is 20.1 Å². The van der Waals surface area contributed by atoms with E-state index < -0.39 is 12.0 Å². The number of amides is 2. The molecular formula is C27H31N5O4S. The number of allylic oxidation sites excluding steroid dienone is 1. The fourth-order valence-electron chi connectivity index (χ4n) is 3.49. The highest BCUT2D eigenvalue weighted by Gasteiger charge is 2.21. The molecule has 0 unspecified atom stereocenters. The van der Waals surface area contributed by atoms with Gasteiger partial charge in [0.2, 0.25) is 5.91 Å². The van der Waals surface area contributed by atoms with Crippen molar-refractivity contribution in [2.45, 2.75) is 51.5 Å². The van der Waals surface area contributed by atoms with E-state index in [1.165, 1.54) is 11.8 Å². The summed E-state index contributed by atoms with van der Waals surface area (Å²) in [6, 6.07) is 13.5. The van der Waals surface area contributed by atoms with E-state index in [1.807, 2.05) is 36.6 Å². The van der Waals surface area contributed by atoms with Gasteiger partial charge in [0, 0.05) is 17.8 Å². The quantitative estimate of drug-likeness (QED) is 0.216. The minimum absolute atomic E-state index is 0.0694. The van der Waals surface area contributed by atoms with E-state index in [0.29, 0.717) is 34.3 Å². The van der Waals surface area contributed by atoms with Crippen LogP contribution in [0.15, 0.2) is 66.3 Å². The Morgan fingerprint density at radius 1 is 1.08 bits per heavy atom. The molecule has 0 aliphatic carbocycles. The molecule has 0 saturated carbocycles. The number of anilines is 1. The first kappa shape index (κ1) is 27.7. The summed E-state index contributed by atoms with van der Waals surface area (Å²) in [5.41, 5.74) is 2.41. The van der Waals surface area contributed by atoms with E-state index in [2.05, 4.69) is 27.4 Å². The number of thioether (sulfide) groups is 1. The Morgan fingerprint density at radius 2 is 1.81 bits per heavy atom. The topological polar surface area (TPSA) is 115 Å². The standard InChI is InChI=1S/C27H31N5O4S/c1-6-13-32-24(19(5)28-25(34)20-10-7-9-18(4)14-20)30-31-27(32)37-16-23(33)29-22-12-8-11-21(15-22)26(35)36-17(2)3/h6-12,14-15,17,19H,1,13,16H2,2-5H3,(H,28,34)(H,29,33)/t19-/m0/s1. The van der Waals surface area contributed by atoms with Crippen LogP contribution in [-0.4, -0.2) is 44.4 Å². The number of aromatic nitrogens is 3. The zero-order chi connectivity index (χ0) is 26.9. The van der Waals surface area contributed by atoms with Gasteiger partial charge in [-0.15, -0.1) is 16.8 Å². The summed E-state index contributed by atoms with van der Waals surface area (Å²) in [7, 11) is 0. The number of carbonyl (C=O) groups excluding carboxylic acids is 3. The zero-order valence-electron chi connectivity index (χ0n) is 21.4. The number of aryl methyl sites for hydroxylation is 1. The molecule has 0 aliphatic rings. The molecule has 0 fully saturated rings. The van der Waals surface area contributed by atoms with Gasteiger partial charge in [-0.05, 0) is 58.0 Å². The van der Waals surface area contributed by atoms with E-state index in [0.717, 1.165) is 5.56 Å². The van der Waals surface area contributed by atoms with Gasteiger partial charge in [-0.1, -0.05) is 41.6 Å². The van der Waals surface area contributed by atoms with Crippen molar-refractivity contribution in [3.8, 4) is 0 Å². The highest BCUT2D eigenvalue weighted by atomic mass is 32.2. The average Bonchev–Trinajstić information content (AvgIpc) is 3.25. The Bertz CT molecular complexity index is 1290. The number of nitrogens with one attached hydrogen (secondary N) is 2. The molecule has 194 valence electrons. The van der Waals surface area contributed by atoms with Crippen molar-refractivity contribution < 1.29 is 19.1 Å². The predicted octanol–water partition coefficient (Wildman–Crippen LogP) is 4.56. The van der Waals surface area contributed by atoms with Gasteiger partial charge < -0.3 is 19.9 Å². The fourth-order valence-corrected chi connectivity index (χ4v) is 4.25. The number of benzene rings is 2. The largest absolute Gasteiger partial charge is 0.459 e. The molecule has 1 heterocycles. The van der Waals surface area contributed by atoms with Crippen LogP contribution in [0.4, 0.5) is 5.69 Å². The third-order valence-electron chi connectivity index (χ3n) is 5.13. The van der Waals surface area contributed by atoms with Crippen LogP contribution in [0.25, 0.3) is 0 Å². The first-order chi connectivity index (χ1) is 17.7. The van der Waals surface area contributed by atoms with Crippen LogP contribution in [-0.2, 0) is 16.1 Å². The van der Waals surface area contributed by atoms with Crippen LogP contribution in [0.2, 0.25) is 0 Å². The highest BCUT2D eigenvalue weighted by molar-refractivity contribution is 7.99. The Hall–Kier alpha value is -3.92. The highest BCUT2D eigenvalue weighted by Crippen LogP contribution is 2.22. The summed E-state index contributed by atoms with van der Waals surface area (Å²) in [4.78, 5) is 37.4. The molecule has 9 nitrogen and oxygen atoms in total. The van der Waals surface area contributed by atoms with Gasteiger partial charge in [0.15, 0.2) is 11.0 Å². The molecule has 0 spiro atoms. The molecule has 37 heavy (non-hydrogen) atoms. The smallest absolute Gasteiger partial charge is 0.338 e. The van der Waals surface area contributed by atoms with Crippen molar-refractivity contribution in [3.63, 3.8) is 0 Å². The number of nitrogens with zero attached hydrogens (tertiary/aromatic N) is 3. The van der Waals surface area contributed by atoms with Crippen molar-refractivity contribution in [1.29, 1.82) is 0 Å². The van der Waals surface area contributed by atoms with Crippen LogP contribution in [0.5, 0.6) is 0 Å². The van der Waals surface area contributed by atoms with Gasteiger partial charge in [0.25, 0.3) is 5.91 Å². The third kappa shape index (κ3) is 7.78.